The summed E-state index contributed by atoms with van der Waals surface area (Å²) in [5, 5.41) is -0.258. The third-order valence-corrected chi connectivity index (χ3v) is 3.09. The van der Waals surface area contributed by atoms with Gasteiger partial charge in [0.15, 0.2) is 0 Å². The zero-order valence-electron chi connectivity index (χ0n) is 8.74. The highest BCUT2D eigenvalue weighted by Gasteiger charge is 2.25. The van der Waals surface area contributed by atoms with Gasteiger partial charge in [-0.25, -0.2) is 0 Å². The fraction of sp³-hybridized carbons (Fsp3) is 0.417. The van der Waals surface area contributed by atoms with E-state index in [1.165, 1.54) is 11.3 Å². The van der Waals surface area contributed by atoms with Gasteiger partial charge in [0.05, 0.1) is 0 Å². The van der Waals surface area contributed by atoms with E-state index in [0.29, 0.717) is 12.5 Å². The molecule has 2 rings (SSSR count). The Morgan fingerprint density at radius 3 is 3.00 bits per heavy atom. The van der Waals surface area contributed by atoms with Crippen LogP contribution in [0.25, 0.3) is 0 Å². The Hall–Kier alpha value is -1.02. The number of hydrogen-bond donors (Lipinski definition) is 0. The van der Waals surface area contributed by atoms with Crippen molar-refractivity contribution in [1.29, 1.82) is 0 Å². The summed E-state index contributed by atoms with van der Waals surface area (Å²) in [4.78, 5) is 13.0. The first-order valence-electron chi connectivity index (χ1n) is 5.21. The Kier molecular flexibility index (Phi) is 2.96. The second kappa shape index (κ2) is 4.23. The van der Waals surface area contributed by atoms with Crippen LogP contribution in [0, 0.1) is 0 Å². The van der Waals surface area contributed by atoms with Crippen LogP contribution < -0.4 is 4.90 Å². The van der Waals surface area contributed by atoms with Crippen LogP contribution >= 0.6 is 11.6 Å². The quantitative estimate of drug-likeness (QED) is 0.735. The van der Waals surface area contributed by atoms with Gasteiger partial charge in [-0.05, 0) is 36.6 Å². The van der Waals surface area contributed by atoms with Crippen LogP contribution in [0.1, 0.15) is 18.9 Å². The molecule has 1 aliphatic heterocycles. The van der Waals surface area contributed by atoms with Crippen molar-refractivity contribution in [2.75, 3.05) is 11.4 Å². The standard InChI is InChI=1S/C12H14ClNO/c1-9-8-10-4-2-3-5-11(10)14(9)7-6-12(13)15/h2-5,9H,6-8H2,1H3. The van der Waals surface area contributed by atoms with Crippen LogP contribution in [0.3, 0.4) is 0 Å². The van der Waals surface area contributed by atoms with Gasteiger partial charge in [-0.15, -0.1) is 0 Å². The van der Waals surface area contributed by atoms with E-state index < -0.39 is 0 Å². The highest BCUT2D eigenvalue weighted by Crippen LogP contribution is 2.31. The fourth-order valence-corrected chi connectivity index (χ4v) is 2.26. The summed E-state index contributed by atoms with van der Waals surface area (Å²) in [6.45, 7) is 2.90. The van der Waals surface area contributed by atoms with Crippen LogP contribution in [-0.4, -0.2) is 17.8 Å². The summed E-state index contributed by atoms with van der Waals surface area (Å²) in [5.74, 6) is 0. The number of halogens is 1. The molecule has 1 aliphatic rings. The van der Waals surface area contributed by atoms with Crippen LogP contribution in [0.5, 0.6) is 0 Å². The van der Waals surface area contributed by atoms with E-state index in [1.54, 1.807) is 0 Å². The van der Waals surface area contributed by atoms with E-state index >= 15 is 0 Å². The maximum Gasteiger partial charge on any atom is 0.223 e. The molecule has 0 bridgehead atoms. The molecule has 2 nitrogen and oxygen atoms in total. The monoisotopic (exact) mass is 223 g/mol. The summed E-state index contributed by atoms with van der Waals surface area (Å²) in [6.07, 6.45) is 1.48. The molecule has 0 aromatic heterocycles. The van der Waals surface area contributed by atoms with Crippen molar-refractivity contribution in [3.63, 3.8) is 0 Å². The minimum atomic E-state index is -0.258. The molecule has 1 atom stereocenters. The second-order valence-electron chi connectivity index (χ2n) is 3.98. The Labute approximate surface area is 94.8 Å². The first kappa shape index (κ1) is 10.5. The van der Waals surface area contributed by atoms with Gasteiger partial charge in [0.2, 0.25) is 5.24 Å². The van der Waals surface area contributed by atoms with Gasteiger partial charge in [-0.1, -0.05) is 18.2 Å². The SMILES string of the molecule is CC1Cc2ccccc2N1CCC(=O)Cl. The fourth-order valence-electron chi connectivity index (χ4n) is 2.18. The Balaban J connectivity index is 2.15. The number of nitrogens with zero attached hydrogens (tertiary/aromatic N) is 1. The topological polar surface area (TPSA) is 20.3 Å². The van der Waals surface area contributed by atoms with Gasteiger partial charge in [0.25, 0.3) is 0 Å². The zero-order chi connectivity index (χ0) is 10.8. The first-order chi connectivity index (χ1) is 7.18. The van der Waals surface area contributed by atoms with E-state index in [2.05, 4.69) is 30.0 Å². The molecule has 1 aromatic carbocycles. The molecule has 1 unspecified atom stereocenters. The highest BCUT2D eigenvalue weighted by atomic mass is 35.5. The molecule has 0 aliphatic carbocycles. The molecule has 0 N–H and O–H groups in total. The molecule has 15 heavy (non-hydrogen) atoms. The average molecular weight is 224 g/mol. The van der Waals surface area contributed by atoms with Gasteiger partial charge in [0, 0.05) is 24.7 Å². The normalized spacial score (nSPS) is 19.1. The Bertz CT molecular complexity index is 378. The van der Waals surface area contributed by atoms with Gasteiger partial charge >= 0.3 is 0 Å². The Morgan fingerprint density at radius 2 is 2.27 bits per heavy atom. The molecule has 0 fully saturated rings. The summed E-state index contributed by atoms with van der Waals surface area (Å²) < 4.78 is 0. The molecular formula is C12H14ClNO. The van der Waals surface area contributed by atoms with E-state index in [9.17, 15) is 4.79 Å². The van der Waals surface area contributed by atoms with E-state index in [1.807, 2.05) is 6.07 Å². The molecular weight excluding hydrogens is 210 g/mol. The van der Waals surface area contributed by atoms with Crippen LogP contribution in [-0.2, 0) is 11.2 Å². The van der Waals surface area contributed by atoms with Crippen molar-refractivity contribution in [3.05, 3.63) is 29.8 Å². The number of rotatable bonds is 3. The van der Waals surface area contributed by atoms with Crippen molar-refractivity contribution < 1.29 is 4.79 Å². The smallest absolute Gasteiger partial charge is 0.223 e. The third-order valence-electron chi connectivity index (χ3n) is 2.90. The van der Waals surface area contributed by atoms with Crippen molar-refractivity contribution in [3.8, 4) is 0 Å². The lowest BCUT2D eigenvalue weighted by Gasteiger charge is -2.23. The molecule has 0 spiro atoms. The van der Waals surface area contributed by atoms with Crippen LogP contribution in [0.2, 0.25) is 0 Å². The maximum absolute atomic E-state index is 10.8. The van der Waals surface area contributed by atoms with E-state index in [-0.39, 0.29) is 5.24 Å². The van der Waals surface area contributed by atoms with E-state index in [0.717, 1.165) is 13.0 Å². The lowest BCUT2D eigenvalue weighted by Crippen LogP contribution is -2.30. The molecule has 80 valence electrons. The summed E-state index contributed by atoms with van der Waals surface area (Å²) in [5.41, 5.74) is 2.62. The number of para-hydroxylation sites is 1. The highest BCUT2D eigenvalue weighted by molar-refractivity contribution is 6.63. The molecule has 1 heterocycles. The van der Waals surface area contributed by atoms with Crippen molar-refractivity contribution in [1.82, 2.24) is 0 Å². The number of carbonyl (C=O) groups excluding carboxylic acids is 1. The molecule has 0 amide bonds. The summed E-state index contributed by atoms with van der Waals surface area (Å²) >= 11 is 5.37. The predicted octanol–water partition coefficient (Wildman–Crippen LogP) is 2.59. The molecule has 0 saturated heterocycles. The zero-order valence-corrected chi connectivity index (χ0v) is 9.50. The van der Waals surface area contributed by atoms with Crippen molar-refractivity contribution >= 4 is 22.5 Å². The van der Waals surface area contributed by atoms with Crippen LogP contribution in [0.4, 0.5) is 5.69 Å². The second-order valence-corrected chi connectivity index (χ2v) is 4.40. The van der Waals surface area contributed by atoms with Gasteiger partial charge in [0.1, 0.15) is 0 Å². The third kappa shape index (κ3) is 2.15. The van der Waals surface area contributed by atoms with Gasteiger partial charge < -0.3 is 4.90 Å². The minimum Gasteiger partial charge on any atom is -0.368 e. The maximum atomic E-state index is 10.8. The van der Waals surface area contributed by atoms with Gasteiger partial charge in [-0.3, -0.25) is 4.79 Å². The lowest BCUT2D eigenvalue weighted by atomic mass is 10.1. The molecule has 3 heteroatoms. The number of benzene rings is 1. The van der Waals surface area contributed by atoms with Gasteiger partial charge in [-0.2, -0.15) is 0 Å². The van der Waals surface area contributed by atoms with Crippen molar-refractivity contribution in [2.45, 2.75) is 25.8 Å². The first-order valence-corrected chi connectivity index (χ1v) is 5.59. The van der Waals surface area contributed by atoms with Crippen LogP contribution in [0.15, 0.2) is 24.3 Å². The average Bonchev–Trinajstić information content (AvgIpc) is 2.50. The minimum absolute atomic E-state index is 0.258. The summed E-state index contributed by atoms with van der Waals surface area (Å²) in [6, 6.07) is 8.82. The molecule has 0 radical (unpaired) electrons. The summed E-state index contributed by atoms with van der Waals surface area (Å²) in [7, 11) is 0. The molecule has 1 aromatic rings. The number of fused-ring (bicyclic) bond motifs is 1. The lowest BCUT2D eigenvalue weighted by molar-refractivity contribution is -0.111. The largest absolute Gasteiger partial charge is 0.368 e. The van der Waals surface area contributed by atoms with Crippen molar-refractivity contribution in [2.24, 2.45) is 0 Å². The number of hydrogen-bond acceptors (Lipinski definition) is 2. The number of carbonyl (C=O) groups is 1. The number of anilines is 1. The van der Waals surface area contributed by atoms with E-state index in [4.69, 9.17) is 11.6 Å². The predicted molar refractivity (Wildman–Crippen MR) is 62.4 cm³/mol. The Morgan fingerprint density at radius 1 is 1.53 bits per heavy atom. The molecule has 0 saturated carbocycles.